The first-order valence-electron chi connectivity index (χ1n) is 6.78. The van der Waals surface area contributed by atoms with Crippen LogP contribution in [0.3, 0.4) is 0 Å². The first-order valence-corrected chi connectivity index (χ1v) is 6.78. The number of fused-ring (bicyclic) bond motifs is 1. The molecule has 0 fully saturated rings. The number of rotatable bonds is 4. The summed E-state index contributed by atoms with van der Waals surface area (Å²) in [7, 11) is 0. The van der Waals surface area contributed by atoms with E-state index in [2.05, 4.69) is 15.5 Å². The third-order valence-corrected chi connectivity index (χ3v) is 3.07. The van der Waals surface area contributed by atoms with Gasteiger partial charge in [-0.2, -0.15) is 5.10 Å². The van der Waals surface area contributed by atoms with E-state index in [9.17, 15) is 0 Å². The molecule has 0 saturated heterocycles. The topological polar surface area (TPSA) is 37.3 Å². The predicted octanol–water partition coefficient (Wildman–Crippen LogP) is 4.35. The second-order valence-corrected chi connectivity index (χ2v) is 4.54. The number of aromatic nitrogens is 1. The lowest BCUT2D eigenvalue weighted by Crippen LogP contribution is -1.91. The number of para-hydroxylation sites is 1. The van der Waals surface area contributed by atoms with E-state index in [1.165, 1.54) is 0 Å². The highest BCUT2D eigenvalue weighted by molar-refractivity contribution is 5.90. The van der Waals surface area contributed by atoms with Crippen LogP contribution < -0.4 is 5.43 Å². The lowest BCUT2D eigenvalue weighted by Gasteiger charge is -2.03. The number of hydrogen-bond acceptors (Lipinski definition) is 3. The van der Waals surface area contributed by atoms with Crippen molar-refractivity contribution in [3.63, 3.8) is 0 Å². The van der Waals surface area contributed by atoms with E-state index < -0.39 is 0 Å². The normalized spacial score (nSPS) is 11.4. The van der Waals surface area contributed by atoms with Gasteiger partial charge < -0.3 is 0 Å². The third-order valence-electron chi connectivity index (χ3n) is 3.07. The first kappa shape index (κ1) is 13.1. The van der Waals surface area contributed by atoms with Crippen LogP contribution >= 0.6 is 0 Å². The van der Waals surface area contributed by atoms with Gasteiger partial charge in [-0.25, -0.2) is 0 Å². The molecule has 0 spiro atoms. The summed E-state index contributed by atoms with van der Waals surface area (Å²) >= 11 is 0. The number of hydrogen-bond donors (Lipinski definition) is 1. The van der Waals surface area contributed by atoms with E-state index in [1.807, 2.05) is 72.8 Å². The maximum absolute atomic E-state index is 4.37. The lowest BCUT2D eigenvalue weighted by atomic mass is 10.2. The van der Waals surface area contributed by atoms with Crippen molar-refractivity contribution in [2.24, 2.45) is 5.10 Å². The van der Waals surface area contributed by atoms with Crippen LogP contribution in [0.4, 0.5) is 5.69 Å². The summed E-state index contributed by atoms with van der Waals surface area (Å²) in [4.78, 5) is 4.37. The molecule has 1 aromatic heterocycles. The molecule has 1 heterocycles. The maximum Gasteiger partial charge on any atom is 0.0951 e. The van der Waals surface area contributed by atoms with Crippen molar-refractivity contribution in [1.82, 2.24) is 4.98 Å². The van der Waals surface area contributed by atoms with Crippen LogP contribution in [0, 0.1) is 0 Å². The summed E-state index contributed by atoms with van der Waals surface area (Å²) in [6.07, 6.45) is 7.43. The fraction of sp³-hybridized carbons (Fsp3) is 0. The number of nitrogens with one attached hydrogen (secondary N) is 1. The molecule has 0 unspecified atom stereocenters. The van der Waals surface area contributed by atoms with Gasteiger partial charge in [0.15, 0.2) is 0 Å². The number of allylic oxidation sites excluding steroid dienone is 1. The summed E-state index contributed by atoms with van der Waals surface area (Å²) in [6.45, 7) is 0. The molecule has 3 heteroatoms. The molecule has 0 saturated carbocycles. The van der Waals surface area contributed by atoms with Crippen molar-refractivity contribution in [1.29, 1.82) is 0 Å². The number of pyridine rings is 1. The molecule has 21 heavy (non-hydrogen) atoms. The number of hydrazone groups is 1. The monoisotopic (exact) mass is 273 g/mol. The zero-order chi connectivity index (χ0) is 14.3. The Morgan fingerprint density at radius 1 is 0.905 bits per heavy atom. The Morgan fingerprint density at radius 2 is 1.76 bits per heavy atom. The minimum absolute atomic E-state index is 0.900. The van der Waals surface area contributed by atoms with E-state index >= 15 is 0 Å². The largest absolute Gasteiger partial charge is 0.276 e. The van der Waals surface area contributed by atoms with Crippen molar-refractivity contribution in [3.8, 4) is 0 Å². The van der Waals surface area contributed by atoms with Gasteiger partial charge in [0.25, 0.3) is 0 Å². The molecule has 0 amide bonds. The average Bonchev–Trinajstić information content (AvgIpc) is 2.56. The van der Waals surface area contributed by atoms with Crippen LogP contribution in [0.15, 0.2) is 78.0 Å². The van der Waals surface area contributed by atoms with Crippen LogP contribution in [0.25, 0.3) is 17.0 Å². The molecule has 0 atom stereocenters. The molecular formula is C18H15N3. The Hall–Kier alpha value is -2.94. The summed E-state index contributed by atoms with van der Waals surface area (Å²) < 4.78 is 0. The van der Waals surface area contributed by atoms with Crippen molar-refractivity contribution < 1.29 is 0 Å². The molecule has 1 N–H and O–H groups in total. The van der Waals surface area contributed by atoms with Crippen LogP contribution in [0.1, 0.15) is 5.56 Å². The molecule has 2 aromatic carbocycles. The highest BCUT2D eigenvalue weighted by Crippen LogP contribution is 2.20. The second-order valence-electron chi connectivity index (χ2n) is 4.54. The van der Waals surface area contributed by atoms with Gasteiger partial charge in [0.05, 0.1) is 11.2 Å². The lowest BCUT2D eigenvalue weighted by molar-refractivity contribution is 1.33. The molecule has 0 aliphatic rings. The molecule has 0 aliphatic heterocycles. The zero-order valence-electron chi connectivity index (χ0n) is 11.5. The number of anilines is 1. The summed E-state index contributed by atoms with van der Waals surface area (Å²) in [5.41, 5.74) is 6.00. The van der Waals surface area contributed by atoms with Gasteiger partial charge in [-0.05, 0) is 23.8 Å². The maximum atomic E-state index is 4.37. The quantitative estimate of drug-likeness (QED) is 0.567. The van der Waals surface area contributed by atoms with Crippen molar-refractivity contribution >= 4 is 28.9 Å². The fourth-order valence-electron chi connectivity index (χ4n) is 2.06. The van der Waals surface area contributed by atoms with Crippen LogP contribution in [0.5, 0.6) is 0 Å². The molecule has 3 aromatic rings. The minimum Gasteiger partial charge on any atom is -0.276 e. The van der Waals surface area contributed by atoms with Gasteiger partial charge in [0.1, 0.15) is 0 Å². The summed E-state index contributed by atoms with van der Waals surface area (Å²) in [6, 6.07) is 20.1. The summed E-state index contributed by atoms with van der Waals surface area (Å²) in [5, 5.41) is 5.30. The van der Waals surface area contributed by atoms with E-state index in [1.54, 1.807) is 12.4 Å². The SMILES string of the molecule is C(=C\c1ccccc1)/C=N/Nc1cccc2cccnc12. The Bertz CT molecular complexity index is 771. The molecule has 3 rings (SSSR count). The van der Waals surface area contributed by atoms with Crippen LogP contribution in [0.2, 0.25) is 0 Å². The van der Waals surface area contributed by atoms with Crippen LogP contribution in [-0.4, -0.2) is 11.2 Å². The van der Waals surface area contributed by atoms with E-state index in [0.29, 0.717) is 0 Å². The highest BCUT2D eigenvalue weighted by Gasteiger charge is 1.98. The Balaban J connectivity index is 1.69. The first-order chi connectivity index (χ1) is 10.4. The number of benzene rings is 2. The van der Waals surface area contributed by atoms with Gasteiger partial charge in [-0.3, -0.25) is 10.4 Å². The Kier molecular flexibility index (Phi) is 4.03. The second kappa shape index (κ2) is 6.48. The van der Waals surface area contributed by atoms with Gasteiger partial charge in [0, 0.05) is 17.8 Å². The Morgan fingerprint density at radius 3 is 2.67 bits per heavy atom. The van der Waals surface area contributed by atoms with E-state index in [-0.39, 0.29) is 0 Å². The van der Waals surface area contributed by atoms with Gasteiger partial charge in [-0.1, -0.05) is 54.6 Å². The fourth-order valence-corrected chi connectivity index (χ4v) is 2.06. The predicted molar refractivity (Wildman–Crippen MR) is 89.3 cm³/mol. The van der Waals surface area contributed by atoms with Crippen molar-refractivity contribution in [2.75, 3.05) is 5.43 Å². The third kappa shape index (κ3) is 3.34. The van der Waals surface area contributed by atoms with Gasteiger partial charge in [0.2, 0.25) is 0 Å². The molecular weight excluding hydrogens is 258 g/mol. The minimum atomic E-state index is 0.900. The smallest absolute Gasteiger partial charge is 0.0951 e. The van der Waals surface area contributed by atoms with E-state index in [4.69, 9.17) is 0 Å². The molecule has 0 radical (unpaired) electrons. The molecule has 3 nitrogen and oxygen atoms in total. The van der Waals surface area contributed by atoms with Gasteiger partial charge >= 0.3 is 0 Å². The Labute approximate surface area is 123 Å². The number of nitrogens with zero attached hydrogens (tertiary/aromatic N) is 2. The molecule has 102 valence electrons. The highest BCUT2D eigenvalue weighted by atomic mass is 15.3. The molecule has 0 aliphatic carbocycles. The molecule has 0 bridgehead atoms. The standard InChI is InChI=1S/C18H15N3/c1-2-7-15(8-3-1)9-5-14-20-21-17-12-4-10-16-11-6-13-19-18(16)17/h1-14,21H/b9-5+,20-14+. The van der Waals surface area contributed by atoms with Gasteiger partial charge in [-0.15, -0.1) is 0 Å². The average molecular weight is 273 g/mol. The van der Waals surface area contributed by atoms with E-state index in [0.717, 1.165) is 22.2 Å². The zero-order valence-corrected chi connectivity index (χ0v) is 11.5. The van der Waals surface area contributed by atoms with Crippen molar-refractivity contribution in [2.45, 2.75) is 0 Å². The summed E-state index contributed by atoms with van der Waals surface area (Å²) in [5.74, 6) is 0. The van der Waals surface area contributed by atoms with Crippen molar-refractivity contribution in [3.05, 3.63) is 78.5 Å². The van der Waals surface area contributed by atoms with Crippen LogP contribution in [-0.2, 0) is 0 Å².